The first-order valence-corrected chi connectivity index (χ1v) is 12.1. The summed E-state index contributed by atoms with van der Waals surface area (Å²) < 4.78 is 11.8. The van der Waals surface area contributed by atoms with Gasteiger partial charge in [-0.25, -0.2) is 4.79 Å². The average Bonchev–Trinajstić information content (AvgIpc) is 2.75. The summed E-state index contributed by atoms with van der Waals surface area (Å²) in [5, 5.41) is 10.4. The normalized spacial score (nSPS) is 21.5. The van der Waals surface area contributed by atoms with Crippen LogP contribution in [-0.2, 0) is 23.9 Å². The third-order valence-corrected chi connectivity index (χ3v) is 6.06. The van der Waals surface area contributed by atoms with Crippen LogP contribution in [0.3, 0.4) is 0 Å². The Morgan fingerprint density at radius 2 is 1.74 bits per heavy atom. The zero-order valence-corrected chi connectivity index (χ0v) is 21.5. The number of nitrogens with zero attached hydrogens (tertiary/aromatic N) is 1. The molecule has 2 aromatic rings. The molecule has 0 aliphatic carbocycles. The number of halogens is 2. The van der Waals surface area contributed by atoms with Crippen molar-refractivity contribution < 1.29 is 29.0 Å². The minimum absolute atomic E-state index is 0.257. The van der Waals surface area contributed by atoms with Gasteiger partial charge in [0.05, 0.1) is 12.5 Å². The van der Waals surface area contributed by atoms with E-state index in [1.165, 1.54) is 4.90 Å². The predicted octanol–water partition coefficient (Wildman–Crippen LogP) is 5.60. The lowest BCUT2D eigenvalue weighted by atomic mass is 9.89. The molecule has 7 nitrogen and oxygen atoms in total. The second kappa shape index (κ2) is 11.0. The lowest BCUT2D eigenvalue weighted by Gasteiger charge is -2.47. The molecule has 0 radical (unpaired) electrons. The molecule has 9 heteroatoms. The first-order chi connectivity index (χ1) is 16.4. The van der Waals surface area contributed by atoms with Gasteiger partial charge in [-0.2, -0.15) is 0 Å². The third-order valence-electron chi connectivity index (χ3n) is 5.58. The van der Waals surface area contributed by atoms with Crippen molar-refractivity contribution in [3.8, 4) is 0 Å². The Labute approximate surface area is 214 Å². The summed E-state index contributed by atoms with van der Waals surface area (Å²) in [5.74, 6) is -2.36. The molecule has 1 fully saturated rings. The highest BCUT2D eigenvalue weighted by Gasteiger charge is 2.49. The third kappa shape index (κ3) is 6.54. The smallest absolute Gasteiger partial charge is 0.329 e. The van der Waals surface area contributed by atoms with Crippen molar-refractivity contribution in [3.05, 3.63) is 69.7 Å². The second-order valence-corrected chi connectivity index (χ2v) is 10.3. The Balaban J connectivity index is 2.20. The Morgan fingerprint density at radius 1 is 1.09 bits per heavy atom. The molecule has 35 heavy (non-hydrogen) atoms. The van der Waals surface area contributed by atoms with Crippen LogP contribution < -0.4 is 0 Å². The van der Waals surface area contributed by atoms with Gasteiger partial charge in [0.25, 0.3) is 5.91 Å². The largest absolute Gasteiger partial charge is 0.481 e. The molecule has 1 amide bonds. The van der Waals surface area contributed by atoms with Crippen molar-refractivity contribution in [2.75, 3.05) is 0 Å². The second-order valence-electron chi connectivity index (χ2n) is 9.40. The maximum atomic E-state index is 13.7. The van der Waals surface area contributed by atoms with Crippen LogP contribution in [0, 0.1) is 0 Å². The molecule has 188 valence electrons. The van der Waals surface area contributed by atoms with Gasteiger partial charge in [0.15, 0.2) is 0 Å². The quantitative estimate of drug-likeness (QED) is 0.476. The van der Waals surface area contributed by atoms with Crippen molar-refractivity contribution in [1.29, 1.82) is 0 Å². The molecular formula is C26H29Cl2NO6. The zero-order chi connectivity index (χ0) is 25.9. The molecule has 4 atom stereocenters. The Hall–Kier alpha value is -2.61. The van der Waals surface area contributed by atoms with E-state index in [2.05, 4.69) is 0 Å². The number of ether oxygens (including phenoxy) is 2. The molecule has 1 heterocycles. The number of aliphatic carboxylic acids is 1. The number of rotatable bonds is 7. The monoisotopic (exact) mass is 521 g/mol. The highest BCUT2D eigenvalue weighted by Crippen LogP contribution is 2.44. The van der Waals surface area contributed by atoms with Crippen molar-refractivity contribution in [2.45, 2.75) is 70.4 Å². The van der Waals surface area contributed by atoms with E-state index in [9.17, 15) is 19.5 Å². The van der Waals surface area contributed by atoms with E-state index in [4.69, 9.17) is 32.7 Å². The molecule has 0 saturated carbocycles. The maximum Gasteiger partial charge on any atom is 0.329 e. The fourth-order valence-electron chi connectivity index (χ4n) is 4.19. The SMILES string of the molecule is CC[C@H](C(=O)OC(C)(C)C)N1C(=O)[C@@H](CC(=O)O)O[C@H](c2cccc(Cl)c2)[C@H]1c1ccc(Cl)cc1. The van der Waals surface area contributed by atoms with Crippen LogP contribution in [0.1, 0.15) is 63.8 Å². The molecular weight excluding hydrogens is 493 g/mol. The number of carboxylic acid groups (broad SMARTS) is 1. The van der Waals surface area contributed by atoms with E-state index in [1.807, 2.05) is 0 Å². The first kappa shape index (κ1) is 27.0. The Morgan fingerprint density at radius 3 is 2.29 bits per heavy atom. The van der Waals surface area contributed by atoms with Gasteiger partial charge in [0, 0.05) is 10.0 Å². The number of amides is 1. The molecule has 0 unspecified atom stereocenters. The highest BCUT2D eigenvalue weighted by atomic mass is 35.5. The lowest BCUT2D eigenvalue weighted by Crippen LogP contribution is -2.57. The van der Waals surface area contributed by atoms with Crippen LogP contribution in [0.4, 0.5) is 0 Å². The Kier molecular flexibility index (Phi) is 8.46. The van der Waals surface area contributed by atoms with E-state index < -0.39 is 54.2 Å². The summed E-state index contributed by atoms with van der Waals surface area (Å²) in [6.45, 7) is 7.02. The molecule has 1 aliphatic heterocycles. The number of morpholine rings is 1. The topological polar surface area (TPSA) is 93.1 Å². The van der Waals surface area contributed by atoms with Crippen LogP contribution in [-0.4, -0.2) is 45.6 Å². The summed E-state index contributed by atoms with van der Waals surface area (Å²) in [6, 6.07) is 12.1. The molecule has 3 rings (SSSR count). The minimum Gasteiger partial charge on any atom is -0.481 e. The number of carbonyl (C=O) groups excluding carboxylic acids is 2. The summed E-state index contributed by atoms with van der Waals surface area (Å²) in [5.41, 5.74) is 0.537. The number of carboxylic acids is 1. The van der Waals surface area contributed by atoms with Crippen LogP contribution in [0.25, 0.3) is 0 Å². The summed E-state index contributed by atoms with van der Waals surface area (Å²) in [4.78, 5) is 40.0. The maximum absolute atomic E-state index is 13.7. The minimum atomic E-state index is -1.29. The highest BCUT2D eigenvalue weighted by molar-refractivity contribution is 6.30. The first-order valence-electron chi connectivity index (χ1n) is 11.3. The van der Waals surface area contributed by atoms with Gasteiger partial charge >= 0.3 is 11.9 Å². The van der Waals surface area contributed by atoms with E-state index in [0.29, 0.717) is 21.2 Å². The number of benzene rings is 2. The zero-order valence-electron chi connectivity index (χ0n) is 20.0. The van der Waals surface area contributed by atoms with E-state index in [1.54, 1.807) is 76.2 Å². The Bertz CT molecular complexity index is 1080. The van der Waals surface area contributed by atoms with Crippen LogP contribution >= 0.6 is 23.2 Å². The summed E-state index contributed by atoms with van der Waals surface area (Å²) >= 11 is 12.4. The predicted molar refractivity (Wildman–Crippen MR) is 132 cm³/mol. The molecule has 0 bridgehead atoms. The molecule has 1 saturated heterocycles. The van der Waals surface area contributed by atoms with Crippen molar-refractivity contribution in [3.63, 3.8) is 0 Å². The van der Waals surface area contributed by atoms with Crippen molar-refractivity contribution in [2.24, 2.45) is 0 Å². The number of hydrogen-bond acceptors (Lipinski definition) is 5. The fourth-order valence-corrected chi connectivity index (χ4v) is 4.51. The van der Waals surface area contributed by atoms with E-state index in [0.717, 1.165) is 0 Å². The van der Waals surface area contributed by atoms with Crippen LogP contribution in [0.2, 0.25) is 10.0 Å². The van der Waals surface area contributed by atoms with E-state index >= 15 is 0 Å². The van der Waals surface area contributed by atoms with Gasteiger partial charge in [-0.05, 0) is 62.6 Å². The molecule has 0 spiro atoms. The molecule has 1 aliphatic rings. The molecule has 2 aromatic carbocycles. The molecule has 1 N–H and O–H groups in total. The van der Waals surface area contributed by atoms with Gasteiger partial charge in [-0.1, -0.05) is 54.4 Å². The van der Waals surface area contributed by atoms with Crippen molar-refractivity contribution >= 4 is 41.0 Å². The lowest BCUT2D eigenvalue weighted by molar-refractivity contribution is -0.191. The standard InChI is InChI=1S/C26H29Cl2NO6/c1-5-19(25(33)35-26(2,3)4)29-22(15-9-11-17(27)12-10-15)23(16-7-6-8-18(28)13-16)34-20(24(29)32)14-21(30)31/h6-13,19-20,22-23H,5,14H2,1-4H3,(H,30,31)/t19-,20-,22-,23-/m1/s1. The van der Waals surface area contributed by atoms with Gasteiger partial charge in [0.1, 0.15) is 23.9 Å². The van der Waals surface area contributed by atoms with E-state index in [-0.39, 0.29) is 6.42 Å². The van der Waals surface area contributed by atoms with Gasteiger partial charge in [-0.3, -0.25) is 9.59 Å². The van der Waals surface area contributed by atoms with Crippen molar-refractivity contribution in [1.82, 2.24) is 4.90 Å². The number of hydrogen-bond donors (Lipinski definition) is 1. The molecule has 0 aromatic heterocycles. The number of esters is 1. The summed E-state index contributed by atoms with van der Waals surface area (Å²) in [6.07, 6.45) is -2.39. The van der Waals surface area contributed by atoms with Gasteiger partial charge in [-0.15, -0.1) is 0 Å². The average molecular weight is 522 g/mol. The van der Waals surface area contributed by atoms with Gasteiger partial charge in [0.2, 0.25) is 0 Å². The summed E-state index contributed by atoms with van der Waals surface area (Å²) in [7, 11) is 0. The number of carbonyl (C=O) groups is 3. The van der Waals surface area contributed by atoms with Crippen LogP contribution in [0.15, 0.2) is 48.5 Å². The van der Waals surface area contributed by atoms with Crippen LogP contribution in [0.5, 0.6) is 0 Å². The fraction of sp³-hybridized carbons (Fsp3) is 0.423. The van der Waals surface area contributed by atoms with Gasteiger partial charge < -0.3 is 19.5 Å².